The zero-order chi connectivity index (χ0) is 10.4. The molecule has 0 aromatic rings. The molecule has 1 fully saturated rings. The average Bonchev–Trinajstić information content (AvgIpc) is 2.70. The highest BCUT2D eigenvalue weighted by molar-refractivity contribution is 5.80. The summed E-state index contributed by atoms with van der Waals surface area (Å²) in [6.07, 6.45) is 4.70. The maximum atomic E-state index is 11.5. The summed E-state index contributed by atoms with van der Waals surface area (Å²) in [4.78, 5) is 22.3. The molecule has 14 heavy (non-hydrogen) atoms. The molecule has 2 amide bonds. The van der Waals surface area contributed by atoms with Gasteiger partial charge in [-0.15, -0.1) is 0 Å². The Kier molecular flexibility index (Phi) is 4.43. The lowest BCUT2D eigenvalue weighted by Gasteiger charge is -2.09. The second-order valence-electron chi connectivity index (χ2n) is 3.70. The zero-order valence-electron chi connectivity index (χ0n) is 8.64. The van der Waals surface area contributed by atoms with Gasteiger partial charge in [0, 0.05) is 25.9 Å². The smallest absolute Gasteiger partial charge is 0.223 e. The van der Waals surface area contributed by atoms with E-state index < -0.39 is 0 Å². The van der Waals surface area contributed by atoms with E-state index in [9.17, 15) is 9.59 Å². The first kappa shape index (κ1) is 11.0. The van der Waals surface area contributed by atoms with E-state index in [1.54, 1.807) is 7.05 Å². The van der Waals surface area contributed by atoms with Crippen molar-refractivity contribution in [2.24, 2.45) is 5.92 Å². The van der Waals surface area contributed by atoms with E-state index in [1.165, 1.54) is 0 Å². The van der Waals surface area contributed by atoms with E-state index in [1.807, 2.05) is 0 Å². The van der Waals surface area contributed by atoms with Gasteiger partial charge in [-0.2, -0.15) is 0 Å². The monoisotopic (exact) mass is 198 g/mol. The van der Waals surface area contributed by atoms with Gasteiger partial charge in [-0.3, -0.25) is 9.59 Å². The van der Waals surface area contributed by atoms with E-state index in [0.717, 1.165) is 25.7 Å². The summed E-state index contributed by atoms with van der Waals surface area (Å²) >= 11 is 0. The van der Waals surface area contributed by atoms with Crippen molar-refractivity contribution in [3.63, 3.8) is 0 Å². The van der Waals surface area contributed by atoms with E-state index in [4.69, 9.17) is 0 Å². The Morgan fingerprint density at radius 3 is 2.50 bits per heavy atom. The van der Waals surface area contributed by atoms with Gasteiger partial charge >= 0.3 is 0 Å². The van der Waals surface area contributed by atoms with Crippen LogP contribution in [0, 0.1) is 5.92 Å². The van der Waals surface area contributed by atoms with Gasteiger partial charge < -0.3 is 10.6 Å². The molecule has 0 atom stereocenters. The van der Waals surface area contributed by atoms with E-state index >= 15 is 0 Å². The summed E-state index contributed by atoms with van der Waals surface area (Å²) in [5.41, 5.74) is 0. The highest BCUT2D eigenvalue weighted by Gasteiger charge is 2.21. The Balaban J connectivity index is 2.11. The van der Waals surface area contributed by atoms with E-state index in [-0.39, 0.29) is 17.7 Å². The number of nitrogens with one attached hydrogen (secondary N) is 2. The zero-order valence-corrected chi connectivity index (χ0v) is 8.64. The van der Waals surface area contributed by atoms with Crippen LogP contribution in [0.1, 0.15) is 32.1 Å². The van der Waals surface area contributed by atoms with Crippen LogP contribution in [0.5, 0.6) is 0 Å². The van der Waals surface area contributed by atoms with E-state index in [0.29, 0.717) is 13.0 Å². The van der Waals surface area contributed by atoms with Crippen molar-refractivity contribution >= 4 is 11.8 Å². The second-order valence-corrected chi connectivity index (χ2v) is 3.70. The Morgan fingerprint density at radius 1 is 1.29 bits per heavy atom. The van der Waals surface area contributed by atoms with Crippen LogP contribution in [0.25, 0.3) is 0 Å². The fraction of sp³-hybridized carbons (Fsp3) is 0.800. The normalized spacial score (nSPS) is 16.6. The summed E-state index contributed by atoms with van der Waals surface area (Å²) in [6, 6.07) is 0. The maximum absolute atomic E-state index is 11.5. The number of amides is 2. The van der Waals surface area contributed by atoms with Crippen molar-refractivity contribution in [1.82, 2.24) is 10.6 Å². The third-order valence-electron chi connectivity index (χ3n) is 2.66. The molecule has 1 rings (SSSR count). The fourth-order valence-corrected chi connectivity index (χ4v) is 1.76. The quantitative estimate of drug-likeness (QED) is 0.688. The molecule has 0 aromatic carbocycles. The van der Waals surface area contributed by atoms with Crippen LogP contribution in [-0.4, -0.2) is 25.4 Å². The standard InChI is InChI=1S/C10H18N2O2/c1-11-9(13)6-7-12-10(14)8-4-2-3-5-8/h8H,2-7H2,1H3,(H,11,13)(H,12,14). The lowest BCUT2D eigenvalue weighted by atomic mass is 10.1. The Morgan fingerprint density at radius 2 is 1.93 bits per heavy atom. The van der Waals surface area contributed by atoms with Gasteiger partial charge in [0.05, 0.1) is 0 Å². The number of carbonyl (C=O) groups is 2. The number of carbonyl (C=O) groups excluding carboxylic acids is 2. The minimum absolute atomic E-state index is 0.0308. The minimum Gasteiger partial charge on any atom is -0.359 e. The highest BCUT2D eigenvalue weighted by atomic mass is 16.2. The summed E-state index contributed by atoms with van der Waals surface area (Å²) in [5.74, 6) is 0.280. The predicted molar refractivity (Wildman–Crippen MR) is 53.7 cm³/mol. The van der Waals surface area contributed by atoms with Gasteiger partial charge in [0.2, 0.25) is 11.8 Å². The van der Waals surface area contributed by atoms with Gasteiger partial charge in [0.15, 0.2) is 0 Å². The van der Waals surface area contributed by atoms with Crippen LogP contribution in [0.15, 0.2) is 0 Å². The van der Waals surface area contributed by atoms with Gasteiger partial charge in [0.1, 0.15) is 0 Å². The number of hydrogen-bond acceptors (Lipinski definition) is 2. The van der Waals surface area contributed by atoms with Crippen LogP contribution in [0.3, 0.4) is 0 Å². The second kappa shape index (κ2) is 5.62. The summed E-state index contributed by atoms with van der Waals surface area (Å²) in [7, 11) is 1.60. The molecule has 1 aliphatic carbocycles. The Labute approximate surface area is 84.4 Å². The van der Waals surface area contributed by atoms with E-state index in [2.05, 4.69) is 10.6 Å². The molecular weight excluding hydrogens is 180 g/mol. The van der Waals surface area contributed by atoms with Crippen LogP contribution in [-0.2, 0) is 9.59 Å². The van der Waals surface area contributed by atoms with Gasteiger partial charge in [0.25, 0.3) is 0 Å². The maximum Gasteiger partial charge on any atom is 0.223 e. The van der Waals surface area contributed by atoms with Crippen molar-refractivity contribution < 1.29 is 9.59 Å². The largest absolute Gasteiger partial charge is 0.359 e. The highest BCUT2D eigenvalue weighted by Crippen LogP contribution is 2.24. The van der Waals surface area contributed by atoms with Crippen molar-refractivity contribution in [3.05, 3.63) is 0 Å². The topological polar surface area (TPSA) is 58.2 Å². The first-order chi connectivity index (χ1) is 6.74. The molecule has 0 radical (unpaired) electrons. The van der Waals surface area contributed by atoms with Crippen molar-refractivity contribution in [2.75, 3.05) is 13.6 Å². The number of hydrogen-bond donors (Lipinski definition) is 2. The third-order valence-corrected chi connectivity index (χ3v) is 2.66. The molecule has 0 saturated heterocycles. The van der Waals surface area contributed by atoms with Crippen molar-refractivity contribution in [3.8, 4) is 0 Å². The molecule has 0 bridgehead atoms. The molecule has 0 aliphatic heterocycles. The molecule has 0 heterocycles. The number of rotatable bonds is 4. The Hall–Kier alpha value is -1.06. The fourth-order valence-electron chi connectivity index (χ4n) is 1.76. The SMILES string of the molecule is CNC(=O)CCNC(=O)C1CCCC1. The molecule has 1 saturated carbocycles. The van der Waals surface area contributed by atoms with Gasteiger partial charge in [-0.1, -0.05) is 12.8 Å². The molecule has 0 aromatic heterocycles. The molecular formula is C10H18N2O2. The van der Waals surface area contributed by atoms with Crippen LogP contribution in [0.4, 0.5) is 0 Å². The molecule has 2 N–H and O–H groups in total. The first-order valence-corrected chi connectivity index (χ1v) is 5.22. The van der Waals surface area contributed by atoms with Crippen molar-refractivity contribution in [1.29, 1.82) is 0 Å². The average molecular weight is 198 g/mol. The van der Waals surface area contributed by atoms with Crippen LogP contribution in [0.2, 0.25) is 0 Å². The molecule has 4 heteroatoms. The van der Waals surface area contributed by atoms with Crippen LogP contribution < -0.4 is 10.6 Å². The van der Waals surface area contributed by atoms with Gasteiger partial charge in [-0.05, 0) is 12.8 Å². The molecule has 0 spiro atoms. The lowest BCUT2D eigenvalue weighted by Crippen LogP contribution is -2.32. The summed E-state index contributed by atoms with van der Waals surface area (Å²) in [5, 5.41) is 5.31. The Bertz CT molecular complexity index is 210. The third kappa shape index (κ3) is 3.36. The molecule has 1 aliphatic rings. The molecule has 80 valence electrons. The molecule has 4 nitrogen and oxygen atoms in total. The predicted octanol–water partition coefficient (Wildman–Crippen LogP) is 0.429. The molecule has 0 unspecified atom stereocenters. The first-order valence-electron chi connectivity index (χ1n) is 5.22. The van der Waals surface area contributed by atoms with Crippen molar-refractivity contribution in [2.45, 2.75) is 32.1 Å². The lowest BCUT2D eigenvalue weighted by molar-refractivity contribution is -0.125. The van der Waals surface area contributed by atoms with Crippen LogP contribution >= 0.6 is 0 Å². The minimum atomic E-state index is -0.0308. The van der Waals surface area contributed by atoms with Gasteiger partial charge in [-0.25, -0.2) is 0 Å². The summed E-state index contributed by atoms with van der Waals surface area (Å²) in [6.45, 7) is 0.453. The summed E-state index contributed by atoms with van der Waals surface area (Å²) < 4.78 is 0.